The van der Waals surface area contributed by atoms with Gasteiger partial charge in [0.1, 0.15) is 22.8 Å². The maximum absolute atomic E-state index is 13.0. The number of anilines is 1. The Morgan fingerprint density at radius 1 is 1.12 bits per heavy atom. The maximum Gasteiger partial charge on any atom is 0.335 e. The number of hydrogen-bond donors (Lipinski definition) is 1. The van der Waals surface area contributed by atoms with E-state index in [1.54, 1.807) is 18.2 Å². The van der Waals surface area contributed by atoms with Crippen molar-refractivity contribution in [2.75, 3.05) is 11.5 Å². The molecule has 1 fully saturated rings. The van der Waals surface area contributed by atoms with Gasteiger partial charge in [-0.15, -0.1) is 0 Å². The number of halogens is 1. The monoisotopic (exact) mass is 525 g/mol. The predicted octanol–water partition coefficient (Wildman–Crippen LogP) is 4.68. The number of carbonyl (C=O) groups is 3. The van der Waals surface area contributed by atoms with Crippen molar-refractivity contribution in [3.05, 3.63) is 80.5 Å². The van der Waals surface area contributed by atoms with Gasteiger partial charge in [0.2, 0.25) is 0 Å². The van der Waals surface area contributed by atoms with Gasteiger partial charge >= 0.3 is 6.03 Å². The van der Waals surface area contributed by atoms with Crippen molar-refractivity contribution in [2.24, 2.45) is 0 Å². The topological polar surface area (TPSA) is 132 Å². The van der Waals surface area contributed by atoms with E-state index in [4.69, 9.17) is 9.15 Å². The number of amides is 4. The molecule has 172 valence electrons. The molecule has 3 aromatic rings. The summed E-state index contributed by atoms with van der Waals surface area (Å²) in [7, 11) is 0. The summed E-state index contributed by atoms with van der Waals surface area (Å²) in [6.45, 7) is 2.30. The number of nitrogens with one attached hydrogen (secondary N) is 1. The highest BCUT2D eigenvalue weighted by Crippen LogP contribution is 2.33. The molecule has 1 aliphatic heterocycles. The molecule has 4 amide bonds. The van der Waals surface area contributed by atoms with E-state index < -0.39 is 22.8 Å². The first-order valence-electron chi connectivity index (χ1n) is 9.97. The van der Waals surface area contributed by atoms with Crippen LogP contribution in [0.3, 0.4) is 0 Å². The summed E-state index contributed by atoms with van der Waals surface area (Å²) in [5, 5.41) is 13.1. The molecule has 0 radical (unpaired) electrons. The predicted molar refractivity (Wildman–Crippen MR) is 125 cm³/mol. The average molecular weight is 526 g/mol. The molecule has 34 heavy (non-hydrogen) atoms. The van der Waals surface area contributed by atoms with Crippen LogP contribution in [-0.2, 0) is 9.59 Å². The van der Waals surface area contributed by atoms with Crippen molar-refractivity contribution in [3.8, 4) is 17.1 Å². The quantitative estimate of drug-likeness (QED) is 0.214. The summed E-state index contributed by atoms with van der Waals surface area (Å²) < 4.78 is 11.5. The fourth-order valence-electron chi connectivity index (χ4n) is 3.28. The molecule has 1 saturated heterocycles. The number of rotatable bonds is 6. The fourth-order valence-corrected chi connectivity index (χ4v) is 3.85. The van der Waals surface area contributed by atoms with Crippen LogP contribution >= 0.6 is 15.9 Å². The number of hydrogen-bond acceptors (Lipinski definition) is 7. The summed E-state index contributed by atoms with van der Waals surface area (Å²) in [4.78, 5) is 49.0. The molecular weight excluding hydrogens is 510 g/mol. The van der Waals surface area contributed by atoms with Crippen LogP contribution in [0, 0.1) is 10.1 Å². The maximum atomic E-state index is 13.0. The Morgan fingerprint density at radius 3 is 2.50 bits per heavy atom. The number of carbonyl (C=O) groups excluding carboxylic acids is 3. The van der Waals surface area contributed by atoms with Crippen molar-refractivity contribution >= 4 is 51.2 Å². The molecule has 0 bridgehead atoms. The second kappa shape index (κ2) is 9.32. The van der Waals surface area contributed by atoms with E-state index in [0.717, 1.165) is 4.90 Å². The highest BCUT2D eigenvalue weighted by atomic mass is 79.9. The van der Waals surface area contributed by atoms with Crippen LogP contribution in [0.4, 0.5) is 16.2 Å². The van der Waals surface area contributed by atoms with Gasteiger partial charge in [0, 0.05) is 22.2 Å². The minimum atomic E-state index is -0.869. The minimum absolute atomic E-state index is 0.0898. The van der Waals surface area contributed by atoms with Crippen molar-refractivity contribution in [2.45, 2.75) is 6.92 Å². The van der Waals surface area contributed by atoms with Crippen LogP contribution in [0.5, 0.6) is 5.75 Å². The number of benzene rings is 2. The normalized spacial score (nSPS) is 14.9. The second-order valence-corrected chi connectivity index (χ2v) is 7.86. The number of non-ortho nitro benzene ring substituents is 1. The molecule has 0 atom stereocenters. The van der Waals surface area contributed by atoms with Crippen LogP contribution in [-0.4, -0.2) is 29.4 Å². The lowest BCUT2D eigenvalue weighted by Gasteiger charge is -2.26. The molecule has 4 rings (SSSR count). The van der Waals surface area contributed by atoms with Crippen molar-refractivity contribution < 1.29 is 28.5 Å². The molecule has 0 unspecified atom stereocenters. The van der Waals surface area contributed by atoms with Gasteiger partial charge < -0.3 is 9.15 Å². The highest BCUT2D eigenvalue weighted by molar-refractivity contribution is 9.10. The van der Waals surface area contributed by atoms with E-state index in [0.29, 0.717) is 28.2 Å². The van der Waals surface area contributed by atoms with Gasteiger partial charge in [-0.2, -0.15) is 0 Å². The Kier molecular flexibility index (Phi) is 6.28. The molecule has 1 aromatic heterocycles. The third-order valence-corrected chi connectivity index (χ3v) is 5.51. The molecule has 1 aliphatic rings. The van der Waals surface area contributed by atoms with Crippen LogP contribution in [0.1, 0.15) is 12.7 Å². The Bertz CT molecular complexity index is 1340. The Morgan fingerprint density at radius 2 is 1.85 bits per heavy atom. The number of ether oxygens (including phenoxy) is 1. The van der Waals surface area contributed by atoms with Gasteiger partial charge in [-0.3, -0.25) is 25.0 Å². The highest BCUT2D eigenvalue weighted by Gasteiger charge is 2.37. The number of nitrogens with zero attached hydrogens (tertiary/aromatic N) is 2. The molecule has 2 heterocycles. The van der Waals surface area contributed by atoms with Crippen molar-refractivity contribution in [1.29, 1.82) is 0 Å². The molecular formula is C23H16BrN3O7. The molecule has 11 heteroatoms. The van der Waals surface area contributed by atoms with Crippen molar-refractivity contribution in [3.63, 3.8) is 0 Å². The number of nitro groups is 1. The van der Waals surface area contributed by atoms with E-state index in [-0.39, 0.29) is 22.7 Å². The van der Waals surface area contributed by atoms with E-state index in [9.17, 15) is 24.5 Å². The van der Waals surface area contributed by atoms with Gasteiger partial charge in [0.15, 0.2) is 0 Å². The molecule has 0 saturated carbocycles. The van der Waals surface area contributed by atoms with Crippen LogP contribution < -0.4 is 15.0 Å². The smallest absolute Gasteiger partial charge is 0.335 e. The lowest BCUT2D eigenvalue weighted by molar-refractivity contribution is -0.384. The summed E-state index contributed by atoms with van der Waals surface area (Å²) in [6, 6.07) is 12.7. The molecule has 0 spiro atoms. The summed E-state index contributed by atoms with van der Waals surface area (Å²) in [5.41, 5.74) is 0.422. The summed E-state index contributed by atoms with van der Waals surface area (Å²) in [5.74, 6) is -0.556. The zero-order valence-corrected chi connectivity index (χ0v) is 19.2. The first-order chi connectivity index (χ1) is 16.3. The number of barbiturate groups is 1. The lowest BCUT2D eigenvalue weighted by atomic mass is 10.1. The zero-order chi connectivity index (χ0) is 24.4. The van der Waals surface area contributed by atoms with E-state index in [1.165, 1.54) is 42.5 Å². The first-order valence-corrected chi connectivity index (χ1v) is 10.8. The van der Waals surface area contributed by atoms with Gasteiger partial charge in [-0.05, 0) is 71.4 Å². The van der Waals surface area contributed by atoms with Crippen LogP contribution in [0.2, 0.25) is 0 Å². The largest absolute Gasteiger partial charge is 0.494 e. The molecule has 1 N–H and O–H groups in total. The van der Waals surface area contributed by atoms with Gasteiger partial charge in [-0.1, -0.05) is 0 Å². The fraction of sp³-hybridized carbons (Fsp3) is 0.0870. The minimum Gasteiger partial charge on any atom is -0.494 e. The number of furan rings is 1. The van der Waals surface area contributed by atoms with E-state index >= 15 is 0 Å². The Labute approximate surface area is 201 Å². The van der Waals surface area contributed by atoms with Gasteiger partial charge in [0.25, 0.3) is 17.5 Å². The van der Waals surface area contributed by atoms with E-state index in [1.807, 2.05) is 6.92 Å². The van der Waals surface area contributed by atoms with Gasteiger partial charge in [-0.25, -0.2) is 9.69 Å². The van der Waals surface area contributed by atoms with Crippen molar-refractivity contribution in [1.82, 2.24) is 5.32 Å². The SMILES string of the molecule is CCOc1ccc(N2C(=O)NC(=O)/C(=C/c3ccc(-c4ccc([N+](=O)[O-])cc4Br)o3)C2=O)cc1. The standard InChI is InChI=1S/C23H16BrN3O7/c1-2-33-15-6-3-13(4-7-15)26-22(29)18(21(28)25-23(26)30)12-16-8-10-20(34-16)17-9-5-14(27(31)32)11-19(17)24/h3-12H,2H2,1H3,(H,25,28,30)/b18-12-. The van der Waals surface area contributed by atoms with Crippen LogP contribution in [0.15, 0.2) is 69.1 Å². The number of nitro benzene ring substituents is 1. The molecule has 0 aliphatic carbocycles. The molecule has 2 aromatic carbocycles. The number of imide groups is 2. The first kappa shape index (κ1) is 22.9. The second-order valence-electron chi connectivity index (χ2n) is 7.01. The van der Waals surface area contributed by atoms with Gasteiger partial charge in [0.05, 0.1) is 17.2 Å². The van der Waals surface area contributed by atoms with E-state index in [2.05, 4.69) is 21.2 Å². The third-order valence-electron chi connectivity index (χ3n) is 4.85. The zero-order valence-electron chi connectivity index (χ0n) is 17.6. The molecule has 10 nitrogen and oxygen atoms in total. The summed E-state index contributed by atoms with van der Waals surface area (Å²) >= 11 is 3.28. The van der Waals surface area contributed by atoms with Crippen LogP contribution in [0.25, 0.3) is 17.4 Å². The number of urea groups is 1. The Hall–Kier alpha value is -4.25. The average Bonchev–Trinajstić information content (AvgIpc) is 3.26. The summed E-state index contributed by atoms with van der Waals surface area (Å²) in [6.07, 6.45) is 1.23. The third kappa shape index (κ3) is 4.46. The lowest BCUT2D eigenvalue weighted by Crippen LogP contribution is -2.54. The Balaban J connectivity index is 1.63.